The molecule has 0 aliphatic heterocycles. The van der Waals surface area contributed by atoms with Crippen molar-refractivity contribution >= 4 is 51.3 Å². The van der Waals surface area contributed by atoms with E-state index in [0.29, 0.717) is 33.7 Å². The minimum absolute atomic E-state index is 0.208. The van der Waals surface area contributed by atoms with Crippen molar-refractivity contribution in [3.63, 3.8) is 0 Å². The van der Waals surface area contributed by atoms with Crippen molar-refractivity contribution in [1.82, 2.24) is 0 Å². The number of hydrogen-bond donors (Lipinski definition) is 2. The smallest absolute Gasteiger partial charge is 0.341 e. The molecule has 1 aliphatic carbocycles. The molecule has 1 aliphatic rings. The van der Waals surface area contributed by atoms with Crippen LogP contribution in [0.3, 0.4) is 0 Å². The van der Waals surface area contributed by atoms with Crippen molar-refractivity contribution in [2.45, 2.75) is 26.2 Å². The molecule has 0 amide bonds. The van der Waals surface area contributed by atoms with Gasteiger partial charge in [-0.05, 0) is 43.0 Å². The Morgan fingerprint density at radius 2 is 1.69 bits per heavy atom. The van der Waals surface area contributed by atoms with E-state index in [-0.39, 0.29) is 10.7 Å². The van der Waals surface area contributed by atoms with Crippen LogP contribution in [0.2, 0.25) is 0 Å². The third-order valence-corrected chi connectivity index (χ3v) is 6.68. The van der Waals surface area contributed by atoms with Crippen LogP contribution in [-0.4, -0.2) is 45.5 Å². The molecule has 32 heavy (non-hydrogen) atoms. The molecule has 3 rings (SSSR count). The Morgan fingerprint density at radius 3 is 2.31 bits per heavy atom. The molecular formula is C22H26N2O6S2. The van der Waals surface area contributed by atoms with Gasteiger partial charge in [-0.25, -0.2) is 9.59 Å². The summed E-state index contributed by atoms with van der Waals surface area (Å²) < 4.78 is 20.5. The second-order valence-electron chi connectivity index (χ2n) is 7.37. The van der Waals surface area contributed by atoms with Crippen molar-refractivity contribution in [2.75, 3.05) is 39.1 Å². The minimum atomic E-state index is -0.563. The van der Waals surface area contributed by atoms with Crippen LogP contribution in [0.5, 0.6) is 11.5 Å². The fourth-order valence-electron chi connectivity index (χ4n) is 3.67. The lowest BCUT2D eigenvalue weighted by Crippen LogP contribution is -2.22. The van der Waals surface area contributed by atoms with E-state index in [1.165, 1.54) is 45.8 Å². The van der Waals surface area contributed by atoms with Crippen LogP contribution in [0.4, 0.5) is 10.7 Å². The van der Waals surface area contributed by atoms with Gasteiger partial charge in [0, 0.05) is 17.0 Å². The number of ether oxygens (including phenoxy) is 4. The van der Waals surface area contributed by atoms with E-state index in [1.54, 1.807) is 6.07 Å². The third-order valence-electron chi connectivity index (χ3n) is 5.31. The van der Waals surface area contributed by atoms with E-state index in [0.717, 1.165) is 29.7 Å². The number of carbonyl (C=O) groups is 2. The topological polar surface area (TPSA) is 95.1 Å². The Morgan fingerprint density at radius 1 is 1.03 bits per heavy atom. The van der Waals surface area contributed by atoms with E-state index in [2.05, 4.69) is 17.6 Å². The highest BCUT2D eigenvalue weighted by Gasteiger charge is 2.28. The molecule has 0 spiro atoms. The lowest BCUT2D eigenvalue weighted by atomic mass is 9.88. The first-order chi connectivity index (χ1) is 15.3. The number of carbonyl (C=O) groups excluding carboxylic acids is 2. The summed E-state index contributed by atoms with van der Waals surface area (Å²) in [6.45, 7) is 2.20. The molecule has 1 aromatic carbocycles. The number of hydrogen-bond acceptors (Lipinski definition) is 8. The highest BCUT2D eigenvalue weighted by molar-refractivity contribution is 7.80. The molecule has 8 nitrogen and oxygen atoms in total. The zero-order valence-electron chi connectivity index (χ0n) is 18.6. The van der Waals surface area contributed by atoms with Gasteiger partial charge in [0.25, 0.3) is 0 Å². The summed E-state index contributed by atoms with van der Waals surface area (Å²) in [4.78, 5) is 26.0. The maximum atomic E-state index is 12.5. The van der Waals surface area contributed by atoms with Crippen LogP contribution in [0.15, 0.2) is 12.1 Å². The van der Waals surface area contributed by atoms with E-state index in [4.69, 9.17) is 31.2 Å². The maximum absolute atomic E-state index is 12.5. The van der Waals surface area contributed by atoms with Gasteiger partial charge in [-0.1, -0.05) is 6.92 Å². The van der Waals surface area contributed by atoms with E-state index in [1.807, 2.05) is 0 Å². The zero-order valence-corrected chi connectivity index (χ0v) is 20.3. The first kappa shape index (κ1) is 23.8. The van der Waals surface area contributed by atoms with Gasteiger partial charge in [0.05, 0.1) is 45.3 Å². The lowest BCUT2D eigenvalue weighted by Gasteiger charge is -2.18. The molecule has 1 unspecified atom stereocenters. The number of benzene rings is 1. The van der Waals surface area contributed by atoms with Crippen molar-refractivity contribution in [3.05, 3.63) is 33.7 Å². The van der Waals surface area contributed by atoms with Gasteiger partial charge in [-0.3, -0.25) is 0 Å². The molecule has 0 fully saturated rings. The number of fused-ring (bicyclic) bond motifs is 1. The highest BCUT2D eigenvalue weighted by Crippen LogP contribution is 2.40. The quantitative estimate of drug-likeness (QED) is 0.466. The molecule has 2 aromatic rings. The third kappa shape index (κ3) is 4.81. The summed E-state index contributed by atoms with van der Waals surface area (Å²) >= 11 is 7.00. The van der Waals surface area contributed by atoms with Gasteiger partial charge in [-0.15, -0.1) is 11.3 Å². The molecule has 1 aromatic heterocycles. The summed E-state index contributed by atoms with van der Waals surface area (Å²) in [6, 6.07) is 3.11. The van der Waals surface area contributed by atoms with Crippen LogP contribution < -0.4 is 20.1 Å². The highest BCUT2D eigenvalue weighted by atomic mass is 32.1. The van der Waals surface area contributed by atoms with E-state index >= 15 is 0 Å². The minimum Gasteiger partial charge on any atom is -0.493 e. The number of rotatable bonds is 6. The SMILES string of the molecule is COC(=O)c1cc(OC)c(OC)cc1NC(=S)Nc1sc2c(c1C(=O)OC)CCC(C)C2. The Bertz CT molecular complexity index is 1050. The van der Waals surface area contributed by atoms with Gasteiger partial charge < -0.3 is 29.6 Å². The lowest BCUT2D eigenvalue weighted by molar-refractivity contribution is 0.0592. The number of thiocarbonyl (C=S) groups is 1. The maximum Gasteiger partial charge on any atom is 0.341 e. The number of methoxy groups -OCH3 is 4. The van der Waals surface area contributed by atoms with E-state index in [9.17, 15) is 9.59 Å². The summed E-state index contributed by atoms with van der Waals surface area (Å²) in [5.74, 6) is 0.390. The van der Waals surface area contributed by atoms with Crippen LogP contribution >= 0.6 is 23.6 Å². The predicted octanol–water partition coefficient (Wildman–Crippen LogP) is 4.27. The largest absolute Gasteiger partial charge is 0.493 e. The van der Waals surface area contributed by atoms with Crippen molar-refractivity contribution in [2.24, 2.45) is 5.92 Å². The summed E-state index contributed by atoms with van der Waals surface area (Å²) in [5, 5.41) is 6.95. The molecule has 172 valence electrons. The molecule has 0 saturated carbocycles. The number of thiophene rings is 1. The van der Waals surface area contributed by atoms with Crippen LogP contribution in [0.25, 0.3) is 0 Å². The predicted molar refractivity (Wildman–Crippen MR) is 128 cm³/mol. The molecular weight excluding hydrogens is 452 g/mol. The van der Waals surface area contributed by atoms with Crippen LogP contribution in [-0.2, 0) is 22.3 Å². The summed E-state index contributed by atoms with van der Waals surface area (Å²) in [6.07, 6.45) is 2.75. The average Bonchev–Trinajstić information content (AvgIpc) is 3.13. The average molecular weight is 479 g/mol. The number of esters is 2. The molecule has 0 bridgehead atoms. The second-order valence-corrected chi connectivity index (χ2v) is 8.88. The van der Waals surface area contributed by atoms with Gasteiger partial charge >= 0.3 is 11.9 Å². The molecule has 1 atom stereocenters. The Labute approximate surface area is 196 Å². The Kier molecular flexibility index (Phi) is 7.57. The number of nitrogens with one attached hydrogen (secondary N) is 2. The zero-order chi connectivity index (χ0) is 23.4. The standard InChI is InChI=1S/C22H26N2O6S2/c1-11-6-7-12-17(8-11)32-19(18(12)21(26)30-5)24-22(31)23-14-10-16(28-3)15(27-2)9-13(14)20(25)29-4/h9-11H,6-8H2,1-5H3,(H2,23,24,31). The molecule has 10 heteroatoms. The Hall–Kier alpha value is -2.85. The fourth-order valence-corrected chi connectivity index (χ4v) is 5.35. The first-order valence-electron chi connectivity index (χ1n) is 9.98. The molecule has 0 saturated heterocycles. The van der Waals surface area contributed by atoms with Crippen LogP contribution in [0.1, 0.15) is 44.5 Å². The van der Waals surface area contributed by atoms with Crippen LogP contribution in [0, 0.1) is 5.92 Å². The van der Waals surface area contributed by atoms with Gasteiger partial charge in [0.2, 0.25) is 0 Å². The fraction of sp³-hybridized carbons (Fsp3) is 0.409. The molecule has 0 radical (unpaired) electrons. The first-order valence-corrected chi connectivity index (χ1v) is 11.2. The summed E-state index contributed by atoms with van der Waals surface area (Å²) in [7, 11) is 5.63. The number of anilines is 2. The second kappa shape index (κ2) is 10.2. The van der Waals surface area contributed by atoms with Crippen molar-refractivity contribution in [3.8, 4) is 11.5 Å². The van der Waals surface area contributed by atoms with Gasteiger partial charge in [0.15, 0.2) is 16.6 Å². The summed E-state index contributed by atoms with van der Waals surface area (Å²) in [5.41, 5.74) is 2.14. The van der Waals surface area contributed by atoms with Crippen molar-refractivity contribution in [1.29, 1.82) is 0 Å². The Balaban J connectivity index is 1.92. The normalized spacial score (nSPS) is 14.7. The van der Waals surface area contributed by atoms with Crippen molar-refractivity contribution < 1.29 is 28.5 Å². The monoisotopic (exact) mass is 478 g/mol. The molecule has 2 N–H and O–H groups in total. The van der Waals surface area contributed by atoms with Gasteiger partial charge in [-0.2, -0.15) is 0 Å². The van der Waals surface area contributed by atoms with Gasteiger partial charge in [0.1, 0.15) is 5.00 Å². The molecule has 1 heterocycles. The van der Waals surface area contributed by atoms with E-state index < -0.39 is 11.9 Å².